The number of rotatable bonds is 5. The molecule has 0 aliphatic carbocycles. The first-order chi connectivity index (χ1) is 13.1. The van der Waals surface area contributed by atoms with Crippen molar-refractivity contribution in [2.45, 2.75) is 0 Å². The second kappa shape index (κ2) is 8.26. The summed E-state index contributed by atoms with van der Waals surface area (Å²) in [7, 11) is 0. The van der Waals surface area contributed by atoms with Gasteiger partial charge in [-0.15, -0.1) is 6.42 Å². The Hall–Kier alpha value is -3.49. The van der Waals surface area contributed by atoms with Gasteiger partial charge in [0.25, 0.3) is 5.91 Å². The van der Waals surface area contributed by atoms with E-state index in [0.29, 0.717) is 5.75 Å². The van der Waals surface area contributed by atoms with E-state index >= 15 is 0 Å². The highest BCUT2D eigenvalue weighted by Gasteiger charge is 2.08. The highest BCUT2D eigenvalue weighted by molar-refractivity contribution is 6.32. The number of halogens is 1. The van der Waals surface area contributed by atoms with Crippen molar-refractivity contribution in [3.8, 4) is 23.8 Å². The molecule has 0 bridgehead atoms. The Labute approximate surface area is 161 Å². The summed E-state index contributed by atoms with van der Waals surface area (Å²) < 4.78 is 5.56. The topological polar surface area (TPSA) is 70.9 Å². The number of phenolic OH excluding ortho intramolecular Hbond substituents is 1. The minimum Gasteiger partial charge on any atom is -0.506 e. The van der Waals surface area contributed by atoms with Crippen molar-refractivity contribution in [2.75, 3.05) is 6.61 Å². The van der Waals surface area contributed by atoms with Gasteiger partial charge in [-0.3, -0.25) is 4.79 Å². The lowest BCUT2D eigenvalue weighted by atomic mass is 10.0. The number of nitrogens with one attached hydrogen (secondary N) is 1. The number of hydrazone groups is 1. The second-order valence-electron chi connectivity index (χ2n) is 5.56. The van der Waals surface area contributed by atoms with E-state index in [1.807, 2.05) is 36.4 Å². The zero-order chi connectivity index (χ0) is 19.2. The predicted molar refractivity (Wildman–Crippen MR) is 106 cm³/mol. The second-order valence-corrected chi connectivity index (χ2v) is 5.96. The highest BCUT2D eigenvalue weighted by atomic mass is 35.5. The minimum atomic E-state index is -0.438. The number of benzene rings is 3. The summed E-state index contributed by atoms with van der Waals surface area (Å²) in [6.45, 7) is 0.183. The average Bonchev–Trinajstić information content (AvgIpc) is 2.69. The maximum Gasteiger partial charge on any atom is 0.271 e. The summed E-state index contributed by atoms with van der Waals surface area (Å²) in [6, 6.07) is 15.5. The Kier molecular flexibility index (Phi) is 5.60. The van der Waals surface area contributed by atoms with Gasteiger partial charge in [-0.2, -0.15) is 5.10 Å². The number of hydrogen-bond acceptors (Lipinski definition) is 4. The number of phenols is 1. The quantitative estimate of drug-likeness (QED) is 0.401. The van der Waals surface area contributed by atoms with E-state index in [4.69, 9.17) is 22.8 Å². The first-order valence-corrected chi connectivity index (χ1v) is 8.38. The molecule has 2 N–H and O–H groups in total. The molecule has 3 aromatic rings. The van der Waals surface area contributed by atoms with Gasteiger partial charge in [0.05, 0.1) is 11.2 Å². The fourth-order valence-corrected chi connectivity index (χ4v) is 2.71. The standard InChI is InChI=1S/C21H15ClN2O3/c1-2-11-27-20-10-8-15(16-5-3-4-6-17(16)20)13-23-24-21(26)14-7-9-19(25)18(22)12-14/h1,3-10,12-13,25H,11H2,(H,24,26). The molecule has 0 aromatic heterocycles. The van der Waals surface area contributed by atoms with Crippen molar-refractivity contribution in [1.29, 1.82) is 0 Å². The average molecular weight is 379 g/mol. The number of fused-ring (bicyclic) bond motifs is 1. The van der Waals surface area contributed by atoms with E-state index in [9.17, 15) is 9.90 Å². The van der Waals surface area contributed by atoms with Crippen molar-refractivity contribution < 1.29 is 14.6 Å². The molecule has 0 saturated heterocycles. The number of ether oxygens (including phenoxy) is 1. The van der Waals surface area contributed by atoms with E-state index in [2.05, 4.69) is 16.4 Å². The number of carbonyl (C=O) groups excluding carboxylic acids is 1. The third-order valence-electron chi connectivity index (χ3n) is 3.81. The van der Waals surface area contributed by atoms with Crippen LogP contribution in [0.3, 0.4) is 0 Å². The van der Waals surface area contributed by atoms with Crippen LogP contribution in [0.2, 0.25) is 5.02 Å². The largest absolute Gasteiger partial charge is 0.506 e. The van der Waals surface area contributed by atoms with Crippen LogP contribution in [0.15, 0.2) is 59.7 Å². The molecular formula is C21H15ClN2O3. The monoisotopic (exact) mass is 378 g/mol. The summed E-state index contributed by atoms with van der Waals surface area (Å²) in [4.78, 5) is 12.1. The van der Waals surface area contributed by atoms with Crippen molar-refractivity contribution in [3.63, 3.8) is 0 Å². The Bertz CT molecular complexity index is 1070. The molecule has 3 rings (SSSR count). The fraction of sp³-hybridized carbons (Fsp3) is 0.0476. The van der Waals surface area contributed by atoms with Crippen LogP contribution in [-0.4, -0.2) is 23.8 Å². The van der Waals surface area contributed by atoms with Crippen LogP contribution in [0, 0.1) is 12.3 Å². The van der Waals surface area contributed by atoms with Crippen LogP contribution in [-0.2, 0) is 0 Å². The Balaban J connectivity index is 1.81. The number of terminal acetylenes is 1. The number of amides is 1. The Morgan fingerprint density at radius 1 is 1.22 bits per heavy atom. The summed E-state index contributed by atoms with van der Waals surface area (Å²) in [6.07, 6.45) is 6.80. The lowest BCUT2D eigenvalue weighted by Crippen LogP contribution is -2.17. The molecule has 0 spiro atoms. The van der Waals surface area contributed by atoms with Gasteiger partial charge < -0.3 is 9.84 Å². The third kappa shape index (κ3) is 4.20. The van der Waals surface area contributed by atoms with Crippen molar-refractivity contribution in [1.82, 2.24) is 5.43 Å². The van der Waals surface area contributed by atoms with Gasteiger partial charge in [0.1, 0.15) is 18.1 Å². The van der Waals surface area contributed by atoms with Crippen LogP contribution in [0.4, 0.5) is 0 Å². The van der Waals surface area contributed by atoms with Crippen LogP contribution in [0.1, 0.15) is 15.9 Å². The summed E-state index contributed by atoms with van der Waals surface area (Å²) in [5.74, 6) is 2.60. The maximum absolute atomic E-state index is 12.1. The van der Waals surface area contributed by atoms with Gasteiger partial charge >= 0.3 is 0 Å². The summed E-state index contributed by atoms with van der Waals surface area (Å²) in [5, 5.41) is 15.3. The molecule has 3 aromatic carbocycles. The van der Waals surface area contributed by atoms with E-state index in [0.717, 1.165) is 16.3 Å². The molecule has 0 fully saturated rings. The molecule has 0 atom stereocenters. The third-order valence-corrected chi connectivity index (χ3v) is 4.11. The zero-order valence-electron chi connectivity index (χ0n) is 14.1. The molecule has 5 nitrogen and oxygen atoms in total. The van der Waals surface area contributed by atoms with Crippen LogP contribution < -0.4 is 10.2 Å². The Morgan fingerprint density at radius 2 is 2.00 bits per heavy atom. The van der Waals surface area contributed by atoms with Crippen LogP contribution in [0.5, 0.6) is 11.5 Å². The first-order valence-electron chi connectivity index (χ1n) is 8.00. The first kappa shape index (κ1) is 18.3. The molecule has 0 unspecified atom stereocenters. The van der Waals surface area contributed by atoms with Crippen molar-refractivity contribution in [2.24, 2.45) is 5.10 Å². The van der Waals surface area contributed by atoms with Gasteiger partial charge in [0.2, 0.25) is 0 Å². The number of hydrogen-bond donors (Lipinski definition) is 2. The van der Waals surface area contributed by atoms with Crippen LogP contribution >= 0.6 is 11.6 Å². The summed E-state index contributed by atoms with van der Waals surface area (Å²) in [5.41, 5.74) is 3.54. The van der Waals surface area contributed by atoms with Gasteiger partial charge in [0.15, 0.2) is 0 Å². The maximum atomic E-state index is 12.1. The van der Waals surface area contributed by atoms with Crippen LogP contribution in [0.25, 0.3) is 10.8 Å². The predicted octanol–water partition coefficient (Wildman–Crippen LogP) is 3.97. The smallest absolute Gasteiger partial charge is 0.271 e. The minimum absolute atomic E-state index is 0.0877. The number of nitrogens with zero attached hydrogens (tertiary/aromatic N) is 1. The fourth-order valence-electron chi connectivity index (χ4n) is 2.53. The van der Waals surface area contributed by atoms with Crippen molar-refractivity contribution in [3.05, 3.63) is 70.7 Å². The van der Waals surface area contributed by atoms with Gasteiger partial charge in [-0.1, -0.05) is 41.8 Å². The molecule has 0 radical (unpaired) electrons. The van der Waals surface area contributed by atoms with E-state index < -0.39 is 5.91 Å². The van der Waals surface area contributed by atoms with E-state index in [-0.39, 0.29) is 22.9 Å². The SMILES string of the molecule is C#CCOc1ccc(C=NNC(=O)c2ccc(O)c(Cl)c2)c2ccccc12. The Morgan fingerprint density at radius 3 is 2.74 bits per heavy atom. The van der Waals surface area contributed by atoms with Gasteiger partial charge in [-0.05, 0) is 35.7 Å². The highest BCUT2D eigenvalue weighted by Crippen LogP contribution is 2.28. The van der Waals surface area contributed by atoms with Gasteiger partial charge in [-0.25, -0.2) is 5.43 Å². The molecule has 0 aliphatic heterocycles. The van der Waals surface area contributed by atoms with E-state index in [1.165, 1.54) is 18.2 Å². The van der Waals surface area contributed by atoms with E-state index in [1.54, 1.807) is 6.21 Å². The molecule has 0 saturated carbocycles. The number of carbonyl (C=O) groups is 1. The molecule has 1 amide bonds. The van der Waals surface area contributed by atoms with Gasteiger partial charge in [0, 0.05) is 16.5 Å². The normalized spacial score (nSPS) is 10.7. The summed E-state index contributed by atoms with van der Waals surface area (Å²) >= 11 is 5.81. The molecule has 27 heavy (non-hydrogen) atoms. The lowest BCUT2D eigenvalue weighted by molar-refractivity contribution is 0.0955. The molecule has 134 valence electrons. The molecule has 0 aliphatic rings. The molecule has 6 heteroatoms. The van der Waals surface area contributed by atoms with Crippen molar-refractivity contribution >= 4 is 34.5 Å². The molecular weight excluding hydrogens is 364 g/mol. The zero-order valence-corrected chi connectivity index (χ0v) is 14.9. The number of aromatic hydroxyl groups is 1. The lowest BCUT2D eigenvalue weighted by Gasteiger charge is -2.09. The molecule has 0 heterocycles.